The van der Waals surface area contributed by atoms with E-state index >= 15 is 0 Å². The third-order valence-corrected chi connectivity index (χ3v) is 2.88. The lowest BCUT2D eigenvalue weighted by atomic mass is 10.3. The number of hydrogen-bond donors (Lipinski definition) is 2. The number of carbonyl (C=O) groups is 1. The molecule has 1 fully saturated rings. The van der Waals surface area contributed by atoms with Gasteiger partial charge in [0.25, 0.3) is 5.91 Å². The van der Waals surface area contributed by atoms with Gasteiger partial charge in [-0.1, -0.05) is 6.07 Å². The van der Waals surface area contributed by atoms with E-state index in [1.165, 1.54) is 30.5 Å². The highest BCUT2D eigenvalue weighted by atomic mass is 19.1. The van der Waals surface area contributed by atoms with Gasteiger partial charge in [-0.15, -0.1) is 0 Å². The molecule has 0 unspecified atom stereocenters. The van der Waals surface area contributed by atoms with Gasteiger partial charge in [-0.3, -0.25) is 4.79 Å². The van der Waals surface area contributed by atoms with E-state index in [1.54, 1.807) is 6.07 Å². The summed E-state index contributed by atoms with van der Waals surface area (Å²) in [6, 6.07) is 7.65. The van der Waals surface area contributed by atoms with Gasteiger partial charge in [-0.25, -0.2) is 14.4 Å². The molecule has 3 rings (SSSR count). The Morgan fingerprint density at radius 3 is 2.90 bits per heavy atom. The first-order valence-corrected chi connectivity index (χ1v) is 6.37. The van der Waals surface area contributed by atoms with Crippen LogP contribution in [-0.2, 0) is 0 Å². The fourth-order valence-corrected chi connectivity index (χ4v) is 1.73. The van der Waals surface area contributed by atoms with Crippen molar-refractivity contribution in [2.75, 3.05) is 10.6 Å². The fraction of sp³-hybridized carbons (Fsp3) is 0.214. The first kappa shape index (κ1) is 12.5. The normalized spacial score (nSPS) is 13.8. The Labute approximate surface area is 115 Å². The van der Waals surface area contributed by atoms with Gasteiger partial charge in [0.1, 0.15) is 11.5 Å². The maximum absolute atomic E-state index is 13.0. The zero-order valence-electron chi connectivity index (χ0n) is 10.6. The molecule has 5 nitrogen and oxygen atoms in total. The smallest absolute Gasteiger partial charge is 0.274 e. The molecule has 0 bridgehead atoms. The Bertz CT molecular complexity index is 643. The molecule has 1 saturated carbocycles. The summed E-state index contributed by atoms with van der Waals surface area (Å²) in [5.74, 6) is -0.349. The average molecular weight is 272 g/mol. The lowest BCUT2D eigenvalue weighted by Crippen LogP contribution is -2.15. The summed E-state index contributed by atoms with van der Waals surface area (Å²) >= 11 is 0. The zero-order chi connectivity index (χ0) is 13.9. The van der Waals surface area contributed by atoms with E-state index in [-0.39, 0.29) is 5.69 Å². The SMILES string of the molecule is O=C(Nc1cccc(F)c1)c1ccnc(NC2CC2)n1. The van der Waals surface area contributed by atoms with Crippen molar-refractivity contribution in [3.63, 3.8) is 0 Å². The number of hydrogen-bond acceptors (Lipinski definition) is 4. The Morgan fingerprint density at radius 2 is 2.15 bits per heavy atom. The minimum Gasteiger partial charge on any atom is -0.351 e. The molecule has 1 aliphatic carbocycles. The molecule has 6 heteroatoms. The summed E-state index contributed by atoms with van der Waals surface area (Å²) < 4.78 is 13.0. The van der Waals surface area contributed by atoms with Crippen molar-refractivity contribution in [2.45, 2.75) is 18.9 Å². The number of aromatic nitrogens is 2. The van der Waals surface area contributed by atoms with Gasteiger partial charge >= 0.3 is 0 Å². The first-order chi connectivity index (χ1) is 9.70. The number of rotatable bonds is 4. The average Bonchev–Trinajstić information content (AvgIpc) is 3.23. The number of benzene rings is 1. The fourth-order valence-electron chi connectivity index (χ4n) is 1.73. The lowest BCUT2D eigenvalue weighted by Gasteiger charge is -2.06. The lowest BCUT2D eigenvalue weighted by molar-refractivity contribution is 0.102. The van der Waals surface area contributed by atoms with Gasteiger partial charge in [0.2, 0.25) is 5.95 Å². The van der Waals surface area contributed by atoms with Gasteiger partial charge in [-0.05, 0) is 37.1 Å². The number of carbonyl (C=O) groups excluding carboxylic acids is 1. The van der Waals surface area contributed by atoms with Crippen molar-refractivity contribution in [2.24, 2.45) is 0 Å². The molecule has 1 amide bonds. The first-order valence-electron chi connectivity index (χ1n) is 6.37. The molecule has 2 N–H and O–H groups in total. The van der Waals surface area contributed by atoms with Crippen LogP contribution >= 0.6 is 0 Å². The van der Waals surface area contributed by atoms with E-state index < -0.39 is 11.7 Å². The van der Waals surface area contributed by atoms with Crippen LogP contribution in [0.5, 0.6) is 0 Å². The van der Waals surface area contributed by atoms with Crippen LogP contribution in [0.15, 0.2) is 36.5 Å². The second-order valence-electron chi connectivity index (χ2n) is 4.65. The maximum atomic E-state index is 13.0. The van der Waals surface area contributed by atoms with Crippen LogP contribution in [0.2, 0.25) is 0 Å². The molecule has 0 spiro atoms. The molecular formula is C14H13FN4O. The number of amides is 1. The predicted molar refractivity (Wildman–Crippen MR) is 73.0 cm³/mol. The van der Waals surface area contributed by atoms with Crippen LogP contribution in [-0.4, -0.2) is 21.9 Å². The Hall–Kier alpha value is -2.50. The minimum atomic E-state index is -0.401. The van der Waals surface area contributed by atoms with Crippen molar-refractivity contribution in [1.82, 2.24) is 9.97 Å². The van der Waals surface area contributed by atoms with Crippen LogP contribution < -0.4 is 10.6 Å². The van der Waals surface area contributed by atoms with Gasteiger partial charge in [0, 0.05) is 17.9 Å². The number of nitrogens with zero attached hydrogens (tertiary/aromatic N) is 2. The highest BCUT2D eigenvalue weighted by Gasteiger charge is 2.22. The second kappa shape index (κ2) is 5.24. The van der Waals surface area contributed by atoms with Crippen LogP contribution in [0.25, 0.3) is 0 Å². The molecule has 0 saturated heterocycles. The van der Waals surface area contributed by atoms with Gasteiger partial charge in [-0.2, -0.15) is 0 Å². The monoisotopic (exact) mass is 272 g/mol. The van der Waals surface area contributed by atoms with E-state index in [0.717, 1.165) is 12.8 Å². The Balaban J connectivity index is 1.72. The van der Waals surface area contributed by atoms with Crippen molar-refractivity contribution in [3.8, 4) is 0 Å². The number of anilines is 2. The van der Waals surface area contributed by atoms with Crippen LogP contribution in [0, 0.1) is 5.82 Å². The largest absolute Gasteiger partial charge is 0.351 e. The molecule has 0 aliphatic heterocycles. The quantitative estimate of drug-likeness (QED) is 0.897. The second-order valence-corrected chi connectivity index (χ2v) is 4.65. The molecule has 2 aromatic rings. The molecule has 102 valence electrons. The van der Waals surface area contributed by atoms with E-state index in [1.807, 2.05) is 0 Å². The van der Waals surface area contributed by atoms with Crippen molar-refractivity contribution in [3.05, 3.63) is 48.0 Å². The van der Waals surface area contributed by atoms with E-state index in [9.17, 15) is 9.18 Å². The summed E-state index contributed by atoms with van der Waals surface area (Å²) in [7, 11) is 0. The highest BCUT2D eigenvalue weighted by Crippen LogP contribution is 2.22. The van der Waals surface area contributed by atoms with E-state index in [2.05, 4.69) is 20.6 Å². The standard InChI is InChI=1S/C14H13FN4O/c15-9-2-1-3-11(8-9)17-13(20)12-6-7-16-14(19-12)18-10-4-5-10/h1-3,6-8,10H,4-5H2,(H,17,20)(H,16,18,19). The molecule has 1 aromatic carbocycles. The molecule has 20 heavy (non-hydrogen) atoms. The van der Waals surface area contributed by atoms with Crippen molar-refractivity contribution >= 4 is 17.5 Å². The topological polar surface area (TPSA) is 66.9 Å². The van der Waals surface area contributed by atoms with Gasteiger partial charge in [0.15, 0.2) is 0 Å². The Kier molecular flexibility index (Phi) is 3.28. The van der Waals surface area contributed by atoms with E-state index in [0.29, 0.717) is 17.7 Å². The van der Waals surface area contributed by atoms with Crippen molar-refractivity contribution in [1.29, 1.82) is 0 Å². The number of nitrogens with one attached hydrogen (secondary N) is 2. The summed E-state index contributed by atoms with van der Waals surface area (Å²) in [5.41, 5.74) is 0.637. The summed E-state index contributed by atoms with van der Waals surface area (Å²) in [5, 5.41) is 5.72. The predicted octanol–water partition coefficient (Wildman–Crippen LogP) is 2.44. The minimum absolute atomic E-state index is 0.243. The molecule has 0 atom stereocenters. The molecule has 1 heterocycles. The maximum Gasteiger partial charge on any atom is 0.274 e. The van der Waals surface area contributed by atoms with Gasteiger partial charge in [0.05, 0.1) is 0 Å². The summed E-state index contributed by atoms with van der Waals surface area (Å²) in [4.78, 5) is 20.2. The summed E-state index contributed by atoms with van der Waals surface area (Å²) in [6.07, 6.45) is 3.73. The van der Waals surface area contributed by atoms with E-state index in [4.69, 9.17) is 0 Å². The summed E-state index contributed by atoms with van der Waals surface area (Å²) in [6.45, 7) is 0. The number of halogens is 1. The van der Waals surface area contributed by atoms with Crippen LogP contribution in [0.3, 0.4) is 0 Å². The third-order valence-electron chi connectivity index (χ3n) is 2.88. The molecule has 1 aromatic heterocycles. The molecule has 0 radical (unpaired) electrons. The third kappa shape index (κ3) is 3.09. The van der Waals surface area contributed by atoms with Crippen LogP contribution in [0.4, 0.5) is 16.0 Å². The zero-order valence-corrected chi connectivity index (χ0v) is 10.6. The Morgan fingerprint density at radius 1 is 1.30 bits per heavy atom. The molecular weight excluding hydrogens is 259 g/mol. The van der Waals surface area contributed by atoms with Gasteiger partial charge < -0.3 is 10.6 Å². The van der Waals surface area contributed by atoms with Crippen LogP contribution in [0.1, 0.15) is 23.3 Å². The van der Waals surface area contributed by atoms with Crippen molar-refractivity contribution < 1.29 is 9.18 Å². The highest BCUT2D eigenvalue weighted by molar-refractivity contribution is 6.02. The molecule has 1 aliphatic rings.